The fourth-order valence-corrected chi connectivity index (χ4v) is 2.88. The summed E-state index contributed by atoms with van der Waals surface area (Å²) in [5, 5.41) is 13.6. The molecule has 2 N–H and O–H groups in total. The lowest BCUT2D eigenvalue weighted by atomic mass is 10.0. The number of hydrogen-bond acceptors (Lipinski definition) is 2. The first kappa shape index (κ1) is 15.4. The molecule has 2 aromatic rings. The Kier molecular flexibility index (Phi) is 5.11. The Balaban J connectivity index is 2.33. The van der Waals surface area contributed by atoms with Gasteiger partial charge in [0.05, 0.1) is 6.04 Å². The smallest absolute Gasteiger partial charge is 0.120 e. The van der Waals surface area contributed by atoms with Crippen molar-refractivity contribution in [2.75, 3.05) is 5.32 Å². The highest BCUT2D eigenvalue weighted by atomic mass is 79.9. The first-order chi connectivity index (χ1) is 9.51. The van der Waals surface area contributed by atoms with Crippen molar-refractivity contribution in [3.8, 4) is 5.75 Å². The third-order valence-corrected chi connectivity index (χ3v) is 4.41. The summed E-state index contributed by atoms with van der Waals surface area (Å²) in [6.07, 6.45) is 0.879. The van der Waals surface area contributed by atoms with Crippen LogP contribution in [0.4, 0.5) is 5.69 Å². The second-order valence-electron chi connectivity index (χ2n) is 4.79. The minimum atomic E-state index is 0.0607. The van der Waals surface area contributed by atoms with Gasteiger partial charge in [-0.15, -0.1) is 0 Å². The van der Waals surface area contributed by atoms with Gasteiger partial charge in [0.2, 0.25) is 0 Å². The van der Waals surface area contributed by atoms with Crippen molar-refractivity contribution in [1.82, 2.24) is 0 Å². The van der Waals surface area contributed by atoms with Crippen LogP contribution in [0, 0.1) is 6.92 Å². The molecular formula is C16H17Br2NO. The van der Waals surface area contributed by atoms with Gasteiger partial charge in [0.1, 0.15) is 5.75 Å². The second-order valence-corrected chi connectivity index (χ2v) is 6.56. The molecule has 1 unspecified atom stereocenters. The number of phenolic OH excluding ortho intramolecular Hbond substituents is 1. The summed E-state index contributed by atoms with van der Waals surface area (Å²) in [7, 11) is 0. The van der Waals surface area contributed by atoms with E-state index in [1.54, 1.807) is 6.07 Å². The monoisotopic (exact) mass is 397 g/mol. The van der Waals surface area contributed by atoms with Crippen LogP contribution >= 0.6 is 31.9 Å². The minimum Gasteiger partial charge on any atom is -0.508 e. The van der Waals surface area contributed by atoms with Gasteiger partial charge in [-0.25, -0.2) is 0 Å². The van der Waals surface area contributed by atoms with Gasteiger partial charge in [-0.2, -0.15) is 0 Å². The number of benzene rings is 2. The second kappa shape index (κ2) is 6.64. The maximum atomic E-state index is 10.1. The van der Waals surface area contributed by atoms with Crippen LogP contribution in [0.1, 0.15) is 30.5 Å². The first-order valence-electron chi connectivity index (χ1n) is 6.52. The average Bonchev–Trinajstić information content (AvgIpc) is 2.42. The summed E-state index contributed by atoms with van der Waals surface area (Å²) in [5.41, 5.74) is 3.13. The van der Waals surface area contributed by atoms with Crippen LogP contribution in [-0.4, -0.2) is 5.11 Å². The van der Waals surface area contributed by atoms with Crippen LogP contribution in [0.25, 0.3) is 0 Å². The molecule has 0 saturated carbocycles. The van der Waals surface area contributed by atoms with Crippen LogP contribution in [0.5, 0.6) is 5.75 Å². The number of halogens is 2. The number of aryl methyl sites for hydroxylation is 1. The molecule has 0 aliphatic carbocycles. The summed E-state index contributed by atoms with van der Waals surface area (Å²) in [4.78, 5) is 0. The predicted molar refractivity (Wildman–Crippen MR) is 91.3 cm³/mol. The van der Waals surface area contributed by atoms with Gasteiger partial charge in [-0.1, -0.05) is 28.9 Å². The van der Waals surface area contributed by atoms with Crippen molar-refractivity contribution in [2.24, 2.45) is 0 Å². The van der Waals surface area contributed by atoms with E-state index in [0.29, 0.717) is 5.75 Å². The van der Waals surface area contributed by atoms with E-state index in [0.717, 1.165) is 26.6 Å². The number of anilines is 1. The highest BCUT2D eigenvalue weighted by Crippen LogP contribution is 2.34. The molecule has 2 nitrogen and oxygen atoms in total. The Labute approximate surface area is 136 Å². The standard InChI is InChI=1S/C16H17Br2NO/c1-3-14(12-9-11(17)5-7-16(12)20)19-15-8-10(2)4-6-13(15)18/h4-9,14,19-20H,3H2,1-2H3. The number of nitrogens with one attached hydrogen (secondary N) is 1. The number of phenols is 1. The molecule has 4 heteroatoms. The zero-order chi connectivity index (χ0) is 14.7. The zero-order valence-corrected chi connectivity index (χ0v) is 14.6. The number of hydrogen-bond donors (Lipinski definition) is 2. The average molecular weight is 399 g/mol. The lowest BCUT2D eigenvalue weighted by Gasteiger charge is -2.21. The molecule has 0 heterocycles. The summed E-state index contributed by atoms with van der Waals surface area (Å²) in [6, 6.07) is 11.8. The summed E-state index contributed by atoms with van der Waals surface area (Å²) in [6.45, 7) is 4.16. The first-order valence-corrected chi connectivity index (χ1v) is 8.11. The molecule has 0 saturated heterocycles. The Morgan fingerprint density at radius 1 is 1.15 bits per heavy atom. The van der Waals surface area contributed by atoms with E-state index < -0.39 is 0 Å². The van der Waals surface area contributed by atoms with Crippen molar-refractivity contribution >= 4 is 37.5 Å². The van der Waals surface area contributed by atoms with Gasteiger partial charge in [0, 0.05) is 20.2 Å². The largest absolute Gasteiger partial charge is 0.508 e. The molecule has 106 valence electrons. The predicted octanol–water partition coefficient (Wildman–Crippen LogP) is 5.79. The van der Waals surface area contributed by atoms with Gasteiger partial charge in [0.15, 0.2) is 0 Å². The van der Waals surface area contributed by atoms with E-state index in [4.69, 9.17) is 0 Å². The molecule has 2 rings (SSSR count). The van der Waals surface area contributed by atoms with Crippen LogP contribution in [0.3, 0.4) is 0 Å². The van der Waals surface area contributed by atoms with E-state index >= 15 is 0 Å². The Bertz CT molecular complexity index is 613. The molecule has 1 atom stereocenters. The van der Waals surface area contributed by atoms with Crippen molar-refractivity contribution < 1.29 is 5.11 Å². The highest BCUT2D eigenvalue weighted by molar-refractivity contribution is 9.10. The zero-order valence-electron chi connectivity index (χ0n) is 11.5. The van der Waals surface area contributed by atoms with Gasteiger partial charge >= 0.3 is 0 Å². The minimum absolute atomic E-state index is 0.0607. The normalized spacial score (nSPS) is 12.2. The van der Waals surface area contributed by atoms with E-state index in [1.807, 2.05) is 18.2 Å². The molecule has 0 aromatic heterocycles. The highest BCUT2D eigenvalue weighted by Gasteiger charge is 2.15. The number of aromatic hydroxyl groups is 1. The van der Waals surface area contributed by atoms with Gasteiger partial charge in [-0.3, -0.25) is 0 Å². The maximum absolute atomic E-state index is 10.1. The Morgan fingerprint density at radius 3 is 2.60 bits per heavy atom. The van der Waals surface area contributed by atoms with Crippen molar-refractivity contribution in [3.05, 3.63) is 56.5 Å². The fourth-order valence-electron chi connectivity index (χ4n) is 2.14. The van der Waals surface area contributed by atoms with Crippen LogP contribution in [-0.2, 0) is 0 Å². The van der Waals surface area contributed by atoms with Crippen molar-refractivity contribution in [2.45, 2.75) is 26.3 Å². The molecule has 0 bridgehead atoms. The molecule has 0 aliphatic rings. The molecule has 2 aromatic carbocycles. The third kappa shape index (κ3) is 3.55. The summed E-state index contributed by atoms with van der Waals surface area (Å²) in [5.74, 6) is 0.316. The maximum Gasteiger partial charge on any atom is 0.120 e. The van der Waals surface area contributed by atoms with Gasteiger partial charge < -0.3 is 10.4 Å². The lowest BCUT2D eigenvalue weighted by molar-refractivity contribution is 0.462. The third-order valence-electron chi connectivity index (χ3n) is 3.22. The summed E-state index contributed by atoms with van der Waals surface area (Å²) < 4.78 is 1.99. The molecular weight excluding hydrogens is 382 g/mol. The van der Waals surface area contributed by atoms with Crippen LogP contribution in [0.2, 0.25) is 0 Å². The molecule has 0 aliphatic heterocycles. The molecule has 0 fully saturated rings. The van der Waals surface area contributed by atoms with Crippen LogP contribution < -0.4 is 5.32 Å². The van der Waals surface area contributed by atoms with E-state index in [9.17, 15) is 5.11 Å². The van der Waals surface area contributed by atoms with Gasteiger partial charge in [-0.05, 0) is 65.2 Å². The van der Waals surface area contributed by atoms with E-state index in [-0.39, 0.29) is 6.04 Å². The SMILES string of the molecule is CCC(Nc1cc(C)ccc1Br)c1cc(Br)ccc1O. The Hall–Kier alpha value is -1.00. The van der Waals surface area contributed by atoms with E-state index in [1.165, 1.54) is 5.56 Å². The van der Waals surface area contributed by atoms with Crippen molar-refractivity contribution in [1.29, 1.82) is 0 Å². The van der Waals surface area contributed by atoms with Crippen molar-refractivity contribution in [3.63, 3.8) is 0 Å². The number of rotatable bonds is 4. The quantitative estimate of drug-likeness (QED) is 0.683. The van der Waals surface area contributed by atoms with Crippen LogP contribution in [0.15, 0.2) is 45.3 Å². The molecule has 0 spiro atoms. The van der Waals surface area contributed by atoms with Gasteiger partial charge in [0.25, 0.3) is 0 Å². The topological polar surface area (TPSA) is 32.3 Å². The molecule has 20 heavy (non-hydrogen) atoms. The fraction of sp³-hybridized carbons (Fsp3) is 0.250. The molecule has 0 amide bonds. The Morgan fingerprint density at radius 2 is 1.90 bits per heavy atom. The summed E-state index contributed by atoms with van der Waals surface area (Å²) >= 11 is 7.02. The lowest BCUT2D eigenvalue weighted by Crippen LogP contribution is -2.10. The molecule has 0 radical (unpaired) electrons. The van der Waals surface area contributed by atoms with E-state index in [2.05, 4.69) is 63.2 Å².